The van der Waals surface area contributed by atoms with Gasteiger partial charge in [-0.05, 0) is 33.6 Å². The highest BCUT2D eigenvalue weighted by molar-refractivity contribution is 5.79. The van der Waals surface area contributed by atoms with Gasteiger partial charge in [0.25, 0.3) is 0 Å². The molecule has 0 saturated carbocycles. The number of aromatic nitrogens is 2. The van der Waals surface area contributed by atoms with Gasteiger partial charge in [0.15, 0.2) is 5.82 Å². The average Bonchev–Trinajstić information content (AvgIpc) is 3.04. The molecule has 1 atom stereocenters. The number of esters is 1. The van der Waals surface area contributed by atoms with Gasteiger partial charge in [-0.2, -0.15) is 0 Å². The molecule has 0 bridgehead atoms. The highest BCUT2D eigenvalue weighted by Gasteiger charge is 2.28. The summed E-state index contributed by atoms with van der Waals surface area (Å²) in [5.74, 6) is 0.137. The lowest BCUT2D eigenvalue weighted by molar-refractivity contribution is -0.305. The topological polar surface area (TPSA) is 101 Å². The van der Waals surface area contributed by atoms with Crippen molar-refractivity contribution >= 4 is 17.7 Å². The number of unbranched alkanes of at least 4 members (excludes halogenated alkanes) is 1. The first-order chi connectivity index (χ1) is 13.7. The number of quaternary nitrogens is 1. The maximum atomic E-state index is 12.9. The van der Waals surface area contributed by atoms with Gasteiger partial charge >= 0.3 is 11.9 Å². The molecule has 158 valence electrons. The molecule has 4 N–H and O–H groups in total. The van der Waals surface area contributed by atoms with Crippen LogP contribution < -0.4 is 11.1 Å². The van der Waals surface area contributed by atoms with Crippen LogP contribution >= 0.6 is 0 Å². The molecular formula is C22H33N4O3+. The number of imidazole rings is 1. The molecule has 1 aromatic heterocycles. The van der Waals surface area contributed by atoms with Gasteiger partial charge in [0.1, 0.15) is 6.04 Å². The Kier molecular flexibility index (Phi) is 7.96. The molecule has 0 aliphatic heterocycles. The van der Waals surface area contributed by atoms with Crippen molar-refractivity contribution in [2.75, 3.05) is 11.9 Å². The summed E-state index contributed by atoms with van der Waals surface area (Å²) in [4.78, 5) is 28.9. The summed E-state index contributed by atoms with van der Waals surface area (Å²) in [5.41, 5.74) is 4.97. The fourth-order valence-corrected chi connectivity index (χ4v) is 3.01. The maximum absolute atomic E-state index is 12.9. The summed E-state index contributed by atoms with van der Waals surface area (Å²) >= 11 is 0. The Morgan fingerprint density at radius 3 is 2.52 bits per heavy atom. The molecule has 7 heteroatoms. The number of benzene rings is 1. The van der Waals surface area contributed by atoms with Crippen molar-refractivity contribution in [3.63, 3.8) is 0 Å². The zero-order valence-electron chi connectivity index (χ0n) is 17.9. The zero-order valence-corrected chi connectivity index (χ0v) is 17.9. The second-order valence-corrected chi connectivity index (χ2v) is 8.20. The van der Waals surface area contributed by atoms with Gasteiger partial charge in [-0.25, -0.2) is 14.6 Å². The second-order valence-electron chi connectivity index (χ2n) is 8.20. The molecule has 29 heavy (non-hydrogen) atoms. The van der Waals surface area contributed by atoms with Gasteiger partial charge in [-0.1, -0.05) is 43.7 Å². The highest BCUT2D eigenvalue weighted by Crippen LogP contribution is 2.33. The molecule has 0 aliphatic rings. The SMILES string of the molecule is CCCCOC(=O)[C@H](CCC([NH3+])=O)n1cnc(NC(C)(C)C)c1-c1ccccc1. The Hall–Kier alpha value is -2.67. The Balaban J connectivity index is 2.47. The lowest BCUT2D eigenvalue weighted by Crippen LogP contribution is -2.56. The molecule has 1 heterocycles. The van der Waals surface area contributed by atoms with Crippen LogP contribution in [0.2, 0.25) is 0 Å². The van der Waals surface area contributed by atoms with E-state index in [2.05, 4.69) is 36.8 Å². The van der Waals surface area contributed by atoms with Crippen molar-refractivity contribution < 1.29 is 20.1 Å². The standard InChI is InChI=1S/C22H32N4O3/c1-5-6-14-29-21(28)17(12-13-18(23)27)26-15-24-20(25-22(2,3)4)19(26)16-10-8-7-9-11-16/h7-11,15,17,25H,5-6,12-14H2,1-4H3,(H2,23,27)/p+1/t17-/m0/s1. The average molecular weight is 402 g/mol. The van der Waals surface area contributed by atoms with Crippen LogP contribution in [-0.2, 0) is 14.3 Å². The number of amides is 1. The van der Waals surface area contributed by atoms with Crippen molar-refractivity contribution in [3.05, 3.63) is 36.7 Å². The van der Waals surface area contributed by atoms with Crippen LogP contribution in [0, 0.1) is 0 Å². The van der Waals surface area contributed by atoms with E-state index in [1.54, 1.807) is 6.33 Å². The first-order valence-corrected chi connectivity index (χ1v) is 10.1. The van der Waals surface area contributed by atoms with Gasteiger partial charge < -0.3 is 14.6 Å². The predicted molar refractivity (Wildman–Crippen MR) is 113 cm³/mol. The summed E-state index contributed by atoms with van der Waals surface area (Å²) in [5, 5.41) is 3.42. The molecular weight excluding hydrogens is 368 g/mol. The van der Waals surface area contributed by atoms with Crippen LogP contribution in [0.25, 0.3) is 11.3 Å². The lowest BCUT2D eigenvalue weighted by atomic mass is 10.1. The Morgan fingerprint density at radius 1 is 1.24 bits per heavy atom. The van der Waals surface area contributed by atoms with Gasteiger partial charge in [0.2, 0.25) is 0 Å². The maximum Gasteiger partial charge on any atom is 0.329 e. The van der Waals surface area contributed by atoms with Crippen LogP contribution in [0.1, 0.15) is 59.4 Å². The monoisotopic (exact) mass is 401 g/mol. The van der Waals surface area contributed by atoms with E-state index < -0.39 is 6.04 Å². The van der Waals surface area contributed by atoms with Crippen molar-refractivity contribution in [3.8, 4) is 11.3 Å². The molecule has 7 nitrogen and oxygen atoms in total. The lowest BCUT2D eigenvalue weighted by Gasteiger charge is -2.23. The number of anilines is 1. The molecule has 1 aromatic carbocycles. The van der Waals surface area contributed by atoms with Crippen LogP contribution in [0.5, 0.6) is 0 Å². The normalized spacial score (nSPS) is 12.4. The summed E-state index contributed by atoms with van der Waals surface area (Å²) < 4.78 is 7.31. The van der Waals surface area contributed by atoms with E-state index in [1.165, 1.54) is 0 Å². The van der Waals surface area contributed by atoms with E-state index in [0.717, 1.165) is 24.1 Å². The van der Waals surface area contributed by atoms with E-state index in [1.807, 2.05) is 41.8 Å². The predicted octanol–water partition coefficient (Wildman–Crippen LogP) is 3.19. The minimum atomic E-state index is -0.643. The van der Waals surface area contributed by atoms with Crippen molar-refractivity contribution in [2.45, 2.75) is 65.0 Å². The fourth-order valence-electron chi connectivity index (χ4n) is 3.01. The summed E-state index contributed by atoms with van der Waals surface area (Å²) in [7, 11) is 0. The minimum absolute atomic E-state index is 0.196. The van der Waals surface area contributed by atoms with E-state index >= 15 is 0 Å². The molecule has 0 spiro atoms. The third-order valence-electron chi connectivity index (χ3n) is 4.38. The Bertz CT molecular complexity index is 809. The van der Waals surface area contributed by atoms with E-state index in [-0.39, 0.29) is 23.8 Å². The van der Waals surface area contributed by atoms with Crippen LogP contribution in [-0.4, -0.2) is 33.6 Å². The summed E-state index contributed by atoms with van der Waals surface area (Å²) in [6.07, 6.45) is 3.91. The number of rotatable bonds is 10. The van der Waals surface area contributed by atoms with Gasteiger partial charge in [-0.15, -0.1) is 0 Å². The molecule has 0 aliphatic carbocycles. The van der Waals surface area contributed by atoms with E-state index in [0.29, 0.717) is 18.8 Å². The molecule has 2 rings (SSSR count). The number of carbonyl (C=O) groups is 2. The molecule has 0 fully saturated rings. The van der Waals surface area contributed by atoms with Crippen LogP contribution in [0.3, 0.4) is 0 Å². The Labute approximate surface area is 172 Å². The number of ether oxygens (including phenoxy) is 1. The largest absolute Gasteiger partial charge is 0.464 e. The number of nitrogens with one attached hydrogen (secondary N) is 1. The summed E-state index contributed by atoms with van der Waals surface area (Å²) in [6.45, 7) is 8.57. The quantitative estimate of drug-likeness (QED) is 0.470. The molecule has 0 radical (unpaired) electrons. The van der Waals surface area contributed by atoms with Crippen molar-refractivity contribution in [1.29, 1.82) is 0 Å². The van der Waals surface area contributed by atoms with Gasteiger partial charge in [-0.3, -0.25) is 5.73 Å². The Morgan fingerprint density at radius 2 is 1.93 bits per heavy atom. The smallest absolute Gasteiger partial charge is 0.329 e. The van der Waals surface area contributed by atoms with Gasteiger partial charge in [0.05, 0.1) is 25.0 Å². The van der Waals surface area contributed by atoms with Gasteiger partial charge in [0, 0.05) is 11.1 Å². The third kappa shape index (κ3) is 6.71. The summed E-state index contributed by atoms with van der Waals surface area (Å²) in [6, 6.07) is 9.15. The zero-order chi connectivity index (χ0) is 21.4. The molecule has 0 unspecified atom stereocenters. The van der Waals surface area contributed by atoms with Crippen molar-refractivity contribution in [1.82, 2.24) is 9.55 Å². The van der Waals surface area contributed by atoms with Crippen LogP contribution in [0.4, 0.5) is 5.82 Å². The first kappa shape index (κ1) is 22.6. The number of nitrogens with zero attached hydrogens (tertiary/aromatic N) is 2. The minimum Gasteiger partial charge on any atom is -0.464 e. The molecule has 1 amide bonds. The number of hydrogen-bond acceptors (Lipinski definition) is 5. The van der Waals surface area contributed by atoms with E-state index in [9.17, 15) is 9.59 Å². The van der Waals surface area contributed by atoms with Crippen LogP contribution in [0.15, 0.2) is 36.7 Å². The fraction of sp³-hybridized carbons (Fsp3) is 0.500. The number of hydrogen-bond donors (Lipinski definition) is 2. The molecule has 2 aromatic rings. The third-order valence-corrected chi connectivity index (χ3v) is 4.38. The molecule has 0 saturated heterocycles. The number of carbonyl (C=O) groups excluding carboxylic acids is 2. The highest BCUT2D eigenvalue weighted by atomic mass is 16.5. The second kappa shape index (κ2) is 10.2. The van der Waals surface area contributed by atoms with E-state index in [4.69, 9.17) is 4.74 Å². The first-order valence-electron chi connectivity index (χ1n) is 10.1. The van der Waals surface area contributed by atoms with Crippen molar-refractivity contribution in [2.24, 2.45) is 0 Å².